The molecule has 0 saturated heterocycles. The average molecular weight is 308 g/mol. The Bertz CT molecular complexity index is 436. The van der Waals surface area contributed by atoms with Gasteiger partial charge in [0, 0.05) is 5.56 Å². The fraction of sp³-hybridized carbons (Fsp3) is 0.700. The van der Waals surface area contributed by atoms with E-state index < -0.39 is 0 Å². The number of halogens is 2. The number of rotatable bonds is 7. The number of unbranched alkanes of at least 4 members (excludes halogenated alkanes) is 2. The molecule has 1 aliphatic carbocycles. The average Bonchev–Trinajstić information content (AvgIpc) is 2.52. The maximum absolute atomic E-state index is 14.2. The van der Waals surface area contributed by atoms with E-state index in [2.05, 4.69) is 6.92 Å². The van der Waals surface area contributed by atoms with Gasteiger partial charge in [0.2, 0.25) is 0 Å². The van der Waals surface area contributed by atoms with Gasteiger partial charge in [-0.3, -0.25) is 0 Å². The summed E-state index contributed by atoms with van der Waals surface area (Å²) in [4.78, 5) is 0. The molecule has 124 valence electrons. The first-order valence-corrected chi connectivity index (χ1v) is 9.13. The van der Waals surface area contributed by atoms with Crippen LogP contribution in [0, 0.1) is 17.6 Å². The summed E-state index contributed by atoms with van der Waals surface area (Å²) in [5.74, 6) is 0.505. The molecule has 2 heteroatoms. The molecule has 2 rings (SSSR count). The van der Waals surface area contributed by atoms with Crippen molar-refractivity contribution in [1.82, 2.24) is 0 Å². The maximum Gasteiger partial charge on any atom is 0.129 e. The van der Waals surface area contributed by atoms with E-state index in [4.69, 9.17) is 0 Å². The van der Waals surface area contributed by atoms with Crippen LogP contribution in [0.25, 0.3) is 0 Å². The van der Waals surface area contributed by atoms with Crippen LogP contribution in [-0.2, 0) is 6.42 Å². The minimum Gasteiger partial charge on any atom is -0.207 e. The van der Waals surface area contributed by atoms with Crippen LogP contribution in [0.2, 0.25) is 0 Å². The van der Waals surface area contributed by atoms with E-state index in [1.807, 2.05) is 6.92 Å². The van der Waals surface area contributed by atoms with Crippen molar-refractivity contribution in [1.29, 1.82) is 0 Å². The predicted octanol–water partition coefficient (Wildman–Crippen LogP) is 6.77. The highest BCUT2D eigenvalue weighted by Gasteiger charge is 2.23. The highest BCUT2D eigenvalue weighted by atomic mass is 19.1. The Labute approximate surface area is 134 Å². The molecule has 0 aromatic heterocycles. The second-order valence-corrected chi connectivity index (χ2v) is 6.93. The van der Waals surface area contributed by atoms with Gasteiger partial charge in [-0.25, -0.2) is 8.78 Å². The van der Waals surface area contributed by atoms with Crippen LogP contribution in [0.3, 0.4) is 0 Å². The standard InChI is InChI=1S/C20H30F2/c1-3-5-7-15-9-11-16(12-10-15)17-13-19(21)18(8-6-4-2)20(22)14-17/h13-16H,3-12H2,1-2H3/t15-,16-. The molecule has 0 atom stereocenters. The lowest BCUT2D eigenvalue weighted by Crippen LogP contribution is -2.14. The van der Waals surface area contributed by atoms with Crippen LogP contribution in [0.5, 0.6) is 0 Å². The van der Waals surface area contributed by atoms with Gasteiger partial charge >= 0.3 is 0 Å². The van der Waals surface area contributed by atoms with Crippen molar-refractivity contribution >= 4 is 0 Å². The molecule has 1 aromatic carbocycles. The third kappa shape index (κ3) is 4.54. The molecule has 0 nitrogen and oxygen atoms in total. The zero-order chi connectivity index (χ0) is 15.9. The fourth-order valence-electron chi connectivity index (χ4n) is 3.73. The van der Waals surface area contributed by atoms with Crippen LogP contribution in [0.15, 0.2) is 12.1 Å². The summed E-state index contributed by atoms with van der Waals surface area (Å²) >= 11 is 0. The van der Waals surface area contributed by atoms with Crippen LogP contribution in [0.4, 0.5) is 8.78 Å². The van der Waals surface area contributed by atoms with E-state index in [9.17, 15) is 8.78 Å². The lowest BCUT2D eigenvalue weighted by atomic mass is 9.77. The van der Waals surface area contributed by atoms with Crippen molar-refractivity contribution < 1.29 is 8.78 Å². The molecule has 22 heavy (non-hydrogen) atoms. The number of benzene rings is 1. The van der Waals surface area contributed by atoms with E-state index in [0.29, 0.717) is 12.3 Å². The van der Waals surface area contributed by atoms with E-state index >= 15 is 0 Å². The summed E-state index contributed by atoms with van der Waals surface area (Å²) in [5.41, 5.74) is 1.16. The second kappa shape index (κ2) is 8.64. The summed E-state index contributed by atoms with van der Waals surface area (Å²) in [6.07, 6.45) is 10.8. The minimum absolute atomic E-state index is 0.280. The summed E-state index contributed by atoms with van der Waals surface area (Å²) < 4.78 is 28.4. The van der Waals surface area contributed by atoms with Gasteiger partial charge in [0.1, 0.15) is 11.6 Å². The Hall–Kier alpha value is -0.920. The zero-order valence-corrected chi connectivity index (χ0v) is 14.1. The summed E-state index contributed by atoms with van der Waals surface area (Å²) in [7, 11) is 0. The van der Waals surface area contributed by atoms with Gasteiger partial charge in [0.05, 0.1) is 0 Å². The molecule has 0 N–H and O–H groups in total. The van der Waals surface area contributed by atoms with Gasteiger partial charge in [-0.1, -0.05) is 39.5 Å². The number of hydrogen-bond acceptors (Lipinski definition) is 0. The Morgan fingerprint density at radius 2 is 1.50 bits per heavy atom. The van der Waals surface area contributed by atoms with Crippen molar-refractivity contribution in [2.24, 2.45) is 5.92 Å². The van der Waals surface area contributed by atoms with E-state index in [1.165, 1.54) is 32.1 Å². The summed E-state index contributed by atoms with van der Waals surface area (Å²) in [5, 5.41) is 0. The molecule has 0 unspecified atom stereocenters. The molecule has 1 saturated carbocycles. The smallest absolute Gasteiger partial charge is 0.129 e. The van der Waals surface area contributed by atoms with Crippen LogP contribution >= 0.6 is 0 Å². The largest absolute Gasteiger partial charge is 0.207 e. The first-order chi connectivity index (χ1) is 10.7. The minimum atomic E-state index is -0.337. The highest BCUT2D eigenvalue weighted by molar-refractivity contribution is 5.29. The first kappa shape index (κ1) is 17.4. The van der Waals surface area contributed by atoms with Crippen molar-refractivity contribution in [3.8, 4) is 0 Å². The molecule has 1 aliphatic rings. The highest BCUT2D eigenvalue weighted by Crippen LogP contribution is 2.38. The quantitative estimate of drug-likeness (QED) is 0.521. The molecule has 1 aromatic rings. The molecule has 0 radical (unpaired) electrons. The Morgan fingerprint density at radius 1 is 0.909 bits per heavy atom. The molecule has 0 aliphatic heterocycles. The lowest BCUT2D eigenvalue weighted by molar-refractivity contribution is 0.303. The SMILES string of the molecule is CCCCc1c(F)cc([C@H]2CC[C@H](CCCC)CC2)cc1F. The third-order valence-corrected chi connectivity index (χ3v) is 5.23. The maximum atomic E-state index is 14.2. The van der Waals surface area contributed by atoms with Gasteiger partial charge < -0.3 is 0 Å². The summed E-state index contributed by atoms with van der Waals surface area (Å²) in [6, 6.07) is 3.20. The van der Waals surface area contributed by atoms with Crippen molar-refractivity contribution in [3.05, 3.63) is 34.9 Å². The molecule has 0 heterocycles. The molecular formula is C20H30F2. The van der Waals surface area contributed by atoms with Gasteiger partial charge in [-0.05, 0) is 68.1 Å². The molecule has 0 bridgehead atoms. The van der Waals surface area contributed by atoms with Crippen LogP contribution < -0.4 is 0 Å². The predicted molar refractivity (Wildman–Crippen MR) is 89.2 cm³/mol. The van der Waals surface area contributed by atoms with E-state index in [1.54, 1.807) is 12.1 Å². The van der Waals surface area contributed by atoms with Crippen LogP contribution in [-0.4, -0.2) is 0 Å². The monoisotopic (exact) mass is 308 g/mol. The van der Waals surface area contributed by atoms with Gasteiger partial charge in [0.25, 0.3) is 0 Å². The Kier molecular flexibility index (Phi) is 6.85. The van der Waals surface area contributed by atoms with E-state index in [0.717, 1.165) is 37.2 Å². The Morgan fingerprint density at radius 3 is 2.05 bits per heavy atom. The first-order valence-electron chi connectivity index (χ1n) is 9.13. The van der Waals surface area contributed by atoms with Crippen molar-refractivity contribution in [3.63, 3.8) is 0 Å². The molecule has 0 spiro atoms. The fourth-order valence-corrected chi connectivity index (χ4v) is 3.73. The van der Waals surface area contributed by atoms with Crippen LogP contribution in [0.1, 0.15) is 88.7 Å². The lowest BCUT2D eigenvalue weighted by Gasteiger charge is -2.29. The molecule has 1 fully saturated rings. The van der Waals surface area contributed by atoms with Gasteiger partial charge in [-0.2, -0.15) is 0 Å². The zero-order valence-electron chi connectivity index (χ0n) is 14.1. The number of hydrogen-bond donors (Lipinski definition) is 0. The third-order valence-electron chi connectivity index (χ3n) is 5.23. The van der Waals surface area contributed by atoms with Crippen molar-refractivity contribution in [2.75, 3.05) is 0 Å². The second-order valence-electron chi connectivity index (χ2n) is 6.93. The van der Waals surface area contributed by atoms with Gasteiger partial charge in [0.15, 0.2) is 0 Å². The summed E-state index contributed by atoms with van der Waals surface area (Å²) in [6.45, 7) is 4.28. The van der Waals surface area contributed by atoms with Crippen molar-refractivity contribution in [2.45, 2.75) is 84.0 Å². The topological polar surface area (TPSA) is 0 Å². The van der Waals surface area contributed by atoms with Gasteiger partial charge in [-0.15, -0.1) is 0 Å². The normalized spacial score (nSPS) is 22.0. The molecular weight excluding hydrogens is 278 g/mol. The van der Waals surface area contributed by atoms with E-state index in [-0.39, 0.29) is 17.2 Å². The Balaban J connectivity index is 1.99. The molecule has 0 amide bonds.